The molecule has 0 saturated heterocycles. The molecule has 0 spiro atoms. The van der Waals surface area contributed by atoms with Crippen LogP contribution in [0.1, 0.15) is 17.1 Å². The number of halogens is 1. The van der Waals surface area contributed by atoms with Gasteiger partial charge in [-0.15, -0.1) is 0 Å². The molecular formula is C21H13ClN4O3. The zero-order chi connectivity index (χ0) is 20.5. The number of nitriles is 1. The van der Waals surface area contributed by atoms with Gasteiger partial charge in [0, 0.05) is 23.8 Å². The number of allylic oxidation sites excluding steroid dienone is 1. The summed E-state index contributed by atoms with van der Waals surface area (Å²) < 4.78 is 5.77. The highest BCUT2D eigenvalue weighted by molar-refractivity contribution is 6.33. The Balaban J connectivity index is 1.68. The number of imidazole rings is 1. The first kappa shape index (κ1) is 18.5. The molecule has 0 atom stereocenters. The van der Waals surface area contributed by atoms with Gasteiger partial charge in [0.2, 0.25) is 0 Å². The molecule has 2 aromatic carbocycles. The monoisotopic (exact) mass is 404 g/mol. The molecule has 142 valence electrons. The van der Waals surface area contributed by atoms with Crippen molar-refractivity contribution >= 4 is 40.0 Å². The Bertz CT molecular complexity index is 1330. The number of furan rings is 1. The van der Waals surface area contributed by atoms with Crippen molar-refractivity contribution in [1.29, 1.82) is 5.26 Å². The smallest absolute Gasteiger partial charge is 0.270 e. The molecule has 4 aromatic rings. The third-order valence-electron chi connectivity index (χ3n) is 4.36. The maximum atomic E-state index is 10.9. The van der Waals surface area contributed by atoms with E-state index in [4.69, 9.17) is 16.0 Å². The first-order valence-corrected chi connectivity index (χ1v) is 8.95. The summed E-state index contributed by atoms with van der Waals surface area (Å²) in [5, 5.41) is 20.6. The highest BCUT2D eigenvalue weighted by Crippen LogP contribution is 2.33. The summed E-state index contributed by atoms with van der Waals surface area (Å²) in [4.78, 5) is 17.9. The highest BCUT2D eigenvalue weighted by Gasteiger charge is 2.14. The van der Waals surface area contributed by atoms with Gasteiger partial charge in [-0.05, 0) is 42.8 Å². The topological polar surface area (TPSA) is 109 Å². The number of fused-ring (bicyclic) bond motifs is 1. The molecule has 8 heteroatoms. The van der Waals surface area contributed by atoms with Crippen LogP contribution in [-0.2, 0) is 0 Å². The van der Waals surface area contributed by atoms with Crippen LogP contribution < -0.4 is 0 Å². The van der Waals surface area contributed by atoms with Gasteiger partial charge in [-0.1, -0.05) is 17.7 Å². The fourth-order valence-corrected chi connectivity index (χ4v) is 3.21. The fraction of sp³-hybridized carbons (Fsp3) is 0.0476. The van der Waals surface area contributed by atoms with Crippen LogP contribution in [0.3, 0.4) is 0 Å². The highest BCUT2D eigenvalue weighted by atomic mass is 35.5. The van der Waals surface area contributed by atoms with Gasteiger partial charge in [0.15, 0.2) is 0 Å². The Morgan fingerprint density at radius 1 is 1.28 bits per heavy atom. The number of nitrogens with one attached hydrogen (secondary N) is 1. The average molecular weight is 405 g/mol. The molecule has 0 bridgehead atoms. The van der Waals surface area contributed by atoms with Crippen molar-refractivity contribution in [3.05, 3.63) is 80.8 Å². The number of H-pyrrole nitrogens is 1. The standard InChI is InChI=1S/C21H13ClN4O3/c1-12-2-6-18-19(8-12)25-21(24-18)13(11-23)9-15-4-7-20(29-15)16-5-3-14(26(27)28)10-17(16)22/h2-10H,1H3,(H,24,25). The van der Waals surface area contributed by atoms with Crippen molar-refractivity contribution in [3.8, 4) is 17.4 Å². The van der Waals surface area contributed by atoms with Crippen LogP contribution in [0, 0.1) is 28.4 Å². The van der Waals surface area contributed by atoms with Crippen molar-refractivity contribution in [2.24, 2.45) is 0 Å². The summed E-state index contributed by atoms with van der Waals surface area (Å²) in [6, 6.07) is 15.5. The minimum absolute atomic E-state index is 0.0997. The lowest BCUT2D eigenvalue weighted by molar-refractivity contribution is -0.384. The largest absolute Gasteiger partial charge is 0.457 e. The molecule has 0 unspecified atom stereocenters. The number of non-ortho nitro benzene ring substituents is 1. The lowest BCUT2D eigenvalue weighted by Gasteiger charge is -2.00. The minimum atomic E-state index is -0.514. The second kappa shape index (κ2) is 7.26. The molecule has 0 saturated carbocycles. The zero-order valence-electron chi connectivity index (χ0n) is 15.1. The number of aromatic nitrogens is 2. The van der Waals surface area contributed by atoms with Gasteiger partial charge in [0.1, 0.15) is 23.4 Å². The van der Waals surface area contributed by atoms with E-state index < -0.39 is 4.92 Å². The molecule has 2 heterocycles. The van der Waals surface area contributed by atoms with Crippen molar-refractivity contribution in [3.63, 3.8) is 0 Å². The predicted octanol–water partition coefficient (Wildman–Crippen LogP) is 5.76. The molecule has 7 nitrogen and oxygen atoms in total. The number of aromatic amines is 1. The van der Waals surface area contributed by atoms with Gasteiger partial charge >= 0.3 is 0 Å². The summed E-state index contributed by atoms with van der Waals surface area (Å²) in [7, 11) is 0. The van der Waals surface area contributed by atoms with Gasteiger partial charge < -0.3 is 9.40 Å². The van der Waals surface area contributed by atoms with Gasteiger partial charge in [-0.2, -0.15) is 5.26 Å². The molecule has 0 aliphatic carbocycles. The minimum Gasteiger partial charge on any atom is -0.457 e. The molecule has 0 aliphatic heterocycles. The Hall–Kier alpha value is -3.89. The number of hydrogen-bond acceptors (Lipinski definition) is 5. The van der Waals surface area contributed by atoms with E-state index in [0.29, 0.717) is 28.5 Å². The van der Waals surface area contributed by atoms with E-state index in [-0.39, 0.29) is 10.7 Å². The maximum Gasteiger partial charge on any atom is 0.270 e. The molecule has 1 N–H and O–H groups in total. The van der Waals surface area contributed by atoms with E-state index in [9.17, 15) is 15.4 Å². The zero-order valence-corrected chi connectivity index (χ0v) is 15.9. The molecule has 29 heavy (non-hydrogen) atoms. The van der Waals surface area contributed by atoms with Crippen LogP contribution in [0.4, 0.5) is 5.69 Å². The third-order valence-corrected chi connectivity index (χ3v) is 4.67. The Kier molecular flexibility index (Phi) is 4.63. The summed E-state index contributed by atoms with van der Waals surface area (Å²) in [6.45, 7) is 1.98. The van der Waals surface area contributed by atoms with E-state index in [2.05, 4.69) is 16.0 Å². The Morgan fingerprint density at radius 2 is 2.10 bits per heavy atom. The van der Waals surface area contributed by atoms with E-state index >= 15 is 0 Å². The Morgan fingerprint density at radius 3 is 2.83 bits per heavy atom. The quantitative estimate of drug-likeness (QED) is 0.264. The number of rotatable bonds is 4. The third kappa shape index (κ3) is 3.61. The predicted molar refractivity (Wildman–Crippen MR) is 110 cm³/mol. The van der Waals surface area contributed by atoms with Gasteiger partial charge in [0.05, 0.1) is 26.6 Å². The summed E-state index contributed by atoms with van der Waals surface area (Å²) in [5.74, 6) is 1.32. The van der Waals surface area contributed by atoms with Crippen LogP contribution in [0.15, 0.2) is 52.9 Å². The fourth-order valence-electron chi connectivity index (χ4n) is 2.94. The van der Waals surface area contributed by atoms with Crippen LogP contribution in [-0.4, -0.2) is 14.9 Å². The van der Waals surface area contributed by atoms with E-state index in [0.717, 1.165) is 16.6 Å². The van der Waals surface area contributed by atoms with E-state index in [1.165, 1.54) is 18.2 Å². The second-order valence-electron chi connectivity index (χ2n) is 6.40. The molecule has 4 rings (SSSR count). The number of nitrogens with zero attached hydrogens (tertiary/aromatic N) is 3. The number of aryl methyl sites for hydroxylation is 1. The van der Waals surface area contributed by atoms with E-state index in [1.54, 1.807) is 18.2 Å². The number of nitro groups is 1. The lowest BCUT2D eigenvalue weighted by atomic mass is 10.1. The van der Waals surface area contributed by atoms with Crippen LogP contribution in [0.2, 0.25) is 5.02 Å². The lowest BCUT2D eigenvalue weighted by Crippen LogP contribution is -1.88. The molecule has 0 amide bonds. The molecule has 0 aliphatic rings. The van der Waals surface area contributed by atoms with Crippen LogP contribution in [0.5, 0.6) is 0 Å². The molecule has 2 aromatic heterocycles. The molecule has 0 radical (unpaired) electrons. The summed E-state index contributed by atoms with van der Waals surface area (Å²) >= 11 is 6.16. The van der Waals surface area contributed by atoms with Gasteiger partial charge in [-0.25, -0.2) is 4.98 Å². The van der Waals surface area contributed by atoms with E-state index in [1.807, 2.05) is 25.1 Å². The normalized spacial score (nSPS) is 11.6. The SMILES string of the molecule is Cc1ccc2nc(C(C#N)=Cc3ccc(-c4ccc([N+](=O)[O-])cc4Cl)o3)[nH]c2c1. The first-order valence-electron chi connectivity index (χ1n) is 8.57. The van der Waals surface area contributed by atoms with Crippen LogP contribution in [0.25, 0.3) is 34.0 Å². The second-order valence-corrected chi connectivity index (χ2v) is 6.81. The molecular weight excluding hydrogens is 392 g/mol. The average Bonchev–Trinajstić information content (AvgIpc) is 3.32. The molecule has 0 fully saturated rings. The first-order chi connectivity index (χ1) is 13.9. The van der Waals surface area contributed by atoms with Crippen LogP contribution >= 0.6 is 11.6 Å². The number of benzene rings is 2. The maximum absolute atomic E-state index is 10.9. The van der Waals surface area contributed by atoms with Crippen molar-refractivity contribution < 1.29 is 9.34 Å². The van der Waals surface area contributed by atoms with Gasteiger partial charge in [-0.3, -0.25) is 10.1 Å². The summed E-state index contributed by atoms with van der Waals surface area (Å²) in [5.41, 5.74) is 3.44. The Labute approximate surface area is 170 Å². The van der Waals surface area contributed by atoms with Crippen molar-refractivity contribution in [2.75, 3.05) is 0 Å². The summed E-state index contributed by atoms with van der Waals surface area (Å²) in [6.07, 6.45) is 1.58. The van der Waals surface area contributed by atoms with Gasteiger partial charge in [0.25, 0.3) is 5.69 Å². The number of hydrogen-bond donors (Lipinski definition) is 1. The van der Waals surface area contributed by atoms with Crippen molar-refractivity contribution in [2.45, 2.75) is 6.92 Å². The number of nitro benzene ring substituents is 1. The van der Waals surface area contributed by atoms with Crippen molar-refractivity contribution in [1.82, 2.24) is 9.97 Å².